The van der Waals surface area contributed by atoms with E-state index in [4.69, 9.17) is 9.47 Å². The van der Waals surface area contributed by atoms with E-state index in [-0.39, 0.29) is 24.2 Å². The molecule has 0 fully saturated rings. The van der Waals surface area contributed by atoms with Crippen LogP contribution in [-0.4, -0.2) is 18.1 Å². The molecule has 1 unspecified atom stereocenters. The van der Waals surface area contributed by atoms with Crippen molar-refractivity contribution in [2.24, 2.45) is 0 Å². The third kappa shape index (κ3) is 4.49. The number of carbonyl (C=O) groups excluding carboxylic acids is 1. The third-order valence-corrected chi connectivity index (χ3v) is 5.74. The van der Waals surface area contributed by atoms with Gasteiger partial charge in [0, 0.05) is 12.0 Å². The minimum Gasteiger partial charge on any atom is -0.487 e. The van der Waals surface area contributed by atoms with Crippen LogP contribution in [0.25, 0.3) is 0 Å². The predicted molar refractivity (Wildman–Crippen MR) is 112 cm³/mol. The molecule has 1 amide bonds. The number of hydrogen-bond donors (Lipinski definition) is 1. The van der Waals surface area contributed by atoms with Crippen LogP contribution in [0, 0.1) is 0 Å². The molecule has 2 aromatic carbocycles. The zero-order valence-corrected chi connectivity index (χ0v) is 17.3. The van der Waals surface area contributed by atoms with E-state index in [0.29, 0.717) is 11.7 Å². The minimum atomic E-state index is -0.236. The second kappa shape index (κ2) is 8.68. The first-order valence-electron chi connectivity index (χ1n) is 10.3. The molecule has 150 valence electrons. The van der Waals surface area contributed by atoms with Crippen molar-refractivity contribution in [3.8, 4) is 11.5 Å². The Bertz CT molecular complexity index is 794. The molecule has 1 heterocycles. The molecular formula is C24H31NO3. The van der Waals surface area contributed by atoms with Crippen LogP contribution in [0.4, 0.5) is 0 Å². The third-order valence-electron chi connectivity index (χ3n) is 5.74. The second-order valence-electron chi connectivity index (χ2n) is 7.87. The van der Waals surface area contributed by atoms with Gasteiger partial charge in [-0.05, 0) is 42.5 Å². The first kappa shape index (κ1) is 20.2. The highest BCUT2D eigenvalue weighted by Crippen LogP contribution is 2.42. The van der Waals surface area contributed by atoms with Crippen LogP contribution in [0.1, 0.15) is 70.0 Å². The summed E-state index contributed by atoms with van der Waals surface area (Å²) in [6.07, 6.45) is 2.58. The summed E-state index contributed by atoms with van der Waals surface area (Å²) in [5.41, 5.74) is 2.06. The van der Waals surface area contributed by atoms with Crippen molar-refractivity contribution >= 4 is 5.91 Å². The predicted octanol–water partition coefficient (Wildman–Crippen LogP) is 5.39. The normalized spacial score (nSPS) is 17.5. The number of fused-ring (bicyclic) bond motifs is 1. The molecule has 1 atom stereocenters. The largest absolute Gasteiger partial charge is 0.487 e. The molecule has 0 saturated carbocycles. The number of para-hydroxylation sites is 1. The maximum atomic E-state index is 12.6. The molecule has 0 aromatic heterocycles. The molecule has 0 aliphatic carbocycles. The van der Waals surface area contributed by atoms with E-state index in [1.807, 2.05) is 48.5 Å². The van der Waals surface area contributed by atoms with Crippen molar-refractivity contribution in [1.29, 1.82) is 0 Å². The Morgan fingerprint density at radius 2 is 1.82 bits per heavy atom. The fourth-order valence-corrected chi connectivity index (χ4v) is 3.76. The second-order valence-corrected chi connectivity index (χ2v) is 7.87. The summed E-state index contributed by atoms with van der Waals surface area (Å²) in [6.45, 7) is 8.59. The Balaban J connectivity index is 1.65. The van der Waals surface area contributed by atoms with E-state index in [2.05, 4.69) is 33.0 Å². The highest BCUT2D eigenvalue weighted by molar-refractivity contribution is 5.78. The summed E-state index contributed by atoms with van der Waals surface area (Å²) >= 11 is 0. The summed E-state index contributed by atoms with van der Waals surface area (Å²) in [5.74, 6) is 1.94. The van der Waals surface area contributed by atoms with Crippen molar-refractivity contribution < 1.29 is 14.3 Å². The fourth-order valence-electron chi connectivity index (χ4n) is 3.76. The summed E-state index contributed by atoms with van der Waals surface area (Å²) in [5, 5.41) is 3.15. The van der Waals surface area contributed by atoms with Gasteiger partial charge < -0.3 is 14.8 Å². The van der Waals surface area contributed by atoms with Gasteiger partial charge in [0.2, 0.25) is 0 Å². The highest BCUT2D eigenvalue weighted by atomic mass is 16.5. The van der Waals surface area contributed by atoms with Crippen LogP contribution in [0.3, 0.4) is 0 Å². The molecule has 0 saturated heterocycles. The van der Waals surface area contributed by atoms with Crippen molar-refractivity contribution in [2.45, 2.75) is 64.5 Å². The molecule has 0 bridgehead atoms. The first-order chi connectivity index (χ1) is 13.5. The number of amides is 1. The topological polar surface area (TPSA) is 47.6 Å². The van der Waals surface area contributed by atoms with Gasteiger partial charge in [-0.1, -0.05) is 58.0 Å². The Hall–Kier alpha value is -2.49. The maximum absolute atomic E-state index is 12.6. The zero-order chi connectivity index (χ0) is 20.1. The average molecular weight is 382 g/mol. The van der Waals surface area contributed by atoms with Crippen molar-refractivity contribution in [1.82, 2.24) is 5.32 Å². The Kier molecular flexibility index (Phi) is 6.28. The van der Waals surface area contributed by atoms with Crippen LogP contribution >= 0.6 is 0 Å². The molecular weight excluding hydrogens is 350 g/mol. The smallest absolute Gasteiger partial charge is 0.258 e. The summed E-state index contributed by atoms with van der Waals surface area (Å²) in [6, 6.07) is 15.8. The number of carbonyl (C=O) groups is 1. The molecule has 4 nitrogen and oxygen atoms in total. The van der Waals surface area contributed by atoms with Crippen LogP contribution in [-0.2, 0) is 4.79 Å². The molecule has 1 aliphatic heterocycles. The van der Waals surface area contributed by atoms with Crippen LogP contribution < -0.4 is 14.8 Å². The lowest BCUT2D eigenvalue weighted by Gasteiger charge is -2.41. The van der Waals surface area contributed by atoms with Gasteiger partial charge in [0.25, 0.3) is 5.91 Å². The number of nitrogens with one attached hydrogen (secondary N) is 1. The lowest BCUT2D eigenvalue weighted by molar-refractivity contribution is -0.124. The van der Waals surface area contributed by atoms with E-state index in [1.54, 1.807) is 0 Å². The van der Waals surface area contributed by atoms with Gasteiger partial charge in [-0.15, -0.1) is 0 Å². The fraction of sp³-hybridized carbons (Fsp3) is 0.458. The monoisotopic (exact) mass is 381 g/mol. The number of rotatable bonds is 7. The van der Waals surface area contributed by atoms with Crippen LogP contribution in [0.5, 0.6) is 11.5 Å². The molecule has 1 N–H and O–H groups in total. The number of ether oxygens (including phenoxy) is 2. The Morgan fingerprint density at radius 1 is 1.14 bits per heavy atom. The SMILES string of the molecule is CCC1(CC)CC(NC(=O)COc2ccc(C(C)C)cc2)c2ccccc2O1. The summed E-state index contributed by atoms with van der Waals surface area (Å²) < 4.78 is 12.0. The molecule has 28 heavy (non-hydrogen) atoms. The van der Waals surface area contributed by atoms with E-state index < -0.39 is 0 Å². The number of benzene rings is 2. The summed E-state index contributed by atoms with van der Waals surface area (Å²) in [7, 11) is 0. The Morgan fingerprint density at radius 3 is 2.46 bits per heavy atom. The maximum Gasteiger partial charge on any atom is 0.258 e. The number of hydrogen-bond acceptors (Lipinski definition) is 3. The molecule has 3 rings (SSSR count). The van der Waals surface area contributed by atoms with Gasteiger partial charge in [-0.2, -0.15) is 0 Å². The quantitative estimate of drug-likeness (QED) is 0.700. The van der Waals surface area contributed by atoms with E-state index in [0.717, 1.165) is 30.6 Å². The van der Waals surface area contributed by atoms with Crippen LogP contribution in [0.2, 0.25) is 0 Å². The molecule has 2 aromatic rings. The standard InChI is InChI=1S/C24H31NO3/c1-5-24(6-2)15-21(20-9-7-8-10-22(20)28-24)25-23(26)16-27-19-13-11-18(12-14-19)17(3)4/h7-14,17,21H,5-6,15-16H2,1-4H3,(H,25,26). The van der Waals surface area contributed by atoms with Gasteiger partial charge in [0.05, 0.1) is 6.04 Å². The minimum absolute atomic E-state index is 0.00575. The van der Waals surface area contributed by atoms with Gasteiger partial charge >= 0.3 is 0 Å². The highest BCUT2D eigenvalue weighted by Gasteiger charge is 2.38. The van der Waals surface area contributed by atoms with E-state index in [9.17, 15) is 4.79 Å². The van der Waals surface area contributed by atoms with Crippen molar-refractivity contribution in [2.75, 3.05) is 6.61 Å². The first-order valence-corrected chi connectivity index (χ1v) is 10.3. The van der Waals surface area contributed by atoms with Crippen molar-refractivity contribution in [3.63, 3.8) is 0 Å². The molecule has 4 heteroatoms. The van der Waals surface area contributed by atoms with Gasteiger partial charge in [0.15, 0.2) is 6.61 Å². The van der Waals surface area contributed by atoms with E-state index >= 15 is 0 Å². The Labute approximate surface area is 168 Å². The summed E-state index contributed by atoms with van der Waals surface area (Å²) in [4.78, 5) is 12.6. The lowest BCUT2D eigenvalue weighted by Crippen LogP contribution is -2.45. The van der Waals surface area contributed by atoms with E-state index in [1.165, 1.54) is 5.56 Å². The van der Waals surface area contributed by atoms with Gasteiger partial charge in [-0.25, -0.2) is 0 Å². The van der Waals surface area contributed by atoms with Crippen LogP contribution in [0.15, 0.2) is 48.5 Å². The van der Waals surface area contributed by atoms with Gasteiger partial charge in [0.1, 0.15) is 17.1 Å². The molecule has 0 radical (unpaired) electrons. The molecule has 0 spiro atoms. The lowest BCUT2D eigenvalue weighted by atomic mass is 9.83. The average Bonchev–Trinajstić information content (AvgIpc) is 2.72. The zero-order valence-electron chi connectivity index (χ0n) is 17.3. The molecule has 1 aliphatic rings. The van der Waals surface area contributed by atoms with Crippen molar-refractivity contribution in [3.05, 3.63) is 59.7 Å². The van der Waals surface area contributed by atoms with Gasteiger partial charge in [-0.3, -0.25) is 4.79 Å².